The smallest absolute Gasteiger partial charge is 0.119 e. The van der Waals surface area contributed by atoms with Gasteiger partial charge in [0.15, 0.2) is 0 Å². The fourth-order valence-electron chi connectivity index (χ4n) is 2.28. The van der Waals surface area contributed by atoms with Gasteiger partial charge in [0.05, 0.1) is 0 Å². The van der Waals surface area contributed by atoms with Crippen LogP contribution in [-0.2, 0) is 13.0 Å². The molecule has 0 atom stereocenters. The van der Waals surface area contributed by atoms with Gasteiger partial charge >= 0.3 is 0 Å². The van der Waals surface area contributed by atoms with Gasteiger partial charge in [-0.3, -0.25) is 0 Å². The highest BCUT2D eigenvalue weighted by molar-refractivity contribution is 5.31. The molecule has 2 nitrogen and oxygen atoms in total. The molecule has 1 N–H and O–H groups in total. The minimum Gasteiger partial charge on any atom is -0.489 e. The molecule has 0 amide bonds. The number of aliphatic hydroxyl groups is 1. The van der Waals surface area contributed by atoms with E-state index < -0.39 is 0 Å². The Balaban J connectivity index is 0.000000924. The maximum atomic E-state index is 7.00. The summed E-state index contributed by atoms with van der Waals surface area (Å²) in [4.78, 5) is 0. The first-order valence-electron chi connectivity index (χ1n) is 7.64. The van der Waals surface area contributed by atoms with Crippen LogP contribution in [0.5, 0.6) is 5.75 Å². The maximum absolute atomic E-state index is 7.00. The molecule has 0 unspecified atom stereocenters. The van der Waals surface area contributed by atoms with E-state index in [0.717, 1.165) is 19.3 Å². The van der Waals surface area contributed by atoms with E-state index in [1.807, 2.05) is 36.4 Å². The van der Waals surface area contributed by atoms with Gasteiger partial charge in [-0.05, 0) is 35.2 Å². The van der Waals surface area contributed by atoms with Crippen molar-refractivity contribution in [1.29, 1.82) is 0 Å². The van der Waals surface area contributed by atoms with E-state index >= 15 is 0 Å². The van der Waals surface area contributed by atoms with Crippen LogP contribution in [0.15, 0.2) is 84.9 Å². The lowest BCUT2D eigenvalue weighted by Crippen LogP contribution is -1.95. The van der Waals surface area contributed by atoms with Crippen LogP contribution >= 0.6 is 0 Å². The van der Waals surface area contributed by atoms with Crippen molar-refractivity contribution in [3.8, 4) is 5.75 Å². The Morgan fingerprint density at radius 2 is 1.09 bits per heavy atom. The molecule has 0 fully saturated rings. The van der Waals surface area contributed by atoms with Gasteiger partial charge in [-0.2, -0.15) is 0 Å². The lowest BCUT2D eigenvalue weighted by molar-refractivity contribution is 0.306. The summed E-state index contributed by atoms with van der Waals surface area (Å²) in [5.74, 6) is 0.913. The molecule has 0 heterocycles. The van der Waals surface area contributed by atoms with Gasteiger partial charge in [-0.1, -0.05) is 72.8 Å². The van der Waals surface area contributed by atoms with Gasteiger partial charge in [-0.25, -0.2) is 0 Å². The summed E-state index contributed by atoms with van der Waals surface area (Å²) < 4.78 is 5.80. The van der Waals surface area contributed by atoms with Crippen LogP contribution in [0, 0.1) is 0 Å². The second-order valence-corrected chi connectivity index (χ2v) is 5.08. The van der Waals surface area contributed by atoms with Crippen LogP contribution in [0.25, 0.3) is 0 Å². The molecule has 0 spiro atoms. The number of ether oxygens (including phenoxy) is 1. The highest BCUT2D eigenvalue weighted by atomic mass is 16.5. The fraction of sp³-hybridized carbons (Fsp3) is 0.143. The summed E-state index contributed by atoms with van der Waals surface area (Å²) >= 11 is 0. The summed E-state index contributed by atoms with van der Waals surface area (Å²) in [5.41, 5.74) is 3.81. The molecule has 0 aliphatic rings. The lowest BCUT2D eigenvalue weighted by Gasteiger charge is -2.07. The van der Waals surface area contributed by atoms with Crippen molar-refractivity contribution in [2.75, 3.05) is 7.11 Å². The van der Waals surface area contributed by atoms with Crippen molar-refractivity contribution in [2.24, 2.45) is 0 Å². The third-order valence-electron chi connectivity index (χ3n) is 3.42. The van der Waals surface area contributed by atoms with Crippen molar-refractivity contribution < 1.29 is 9.84 Å². The first kappa shape index (κ1) is 16.8. The summed E-state index contributed by atoms with van der Waals surface area (Å²) in [6.07, 6.45) is 0.958. The lowest BCUT2D eigenvalue weighted by atomic mass is 10.1. The predicted octanol–water partition coefficient (Wildman–Crippen LogP) is 4.46. The molecule has 3 aromatic rings. The average molecular weight is 306 g/mol. The van der Waals surface area contributed by atoms with Crippen molar-refractivity contribution in [2.45, 2.75) is 13.0 Å². The number of rotatable bonds is 5. The molecule has 0 saturated heterocycles. The van der Waals surface area contributed by atoms with Gasteiger partial charge in [0.25, 0.3) is 0 Å². The first-order valence-corrected chi connectivity index (χ1v) is 7.64. The van der Waals surface area contributed by atoms with Crippen LogP contribution in [0.3, 0.4) is 0 Å². The number of aliphatic hydroxyl groups excluding tert-OH is 1. The van der Waals surface area contributed by atoms with Gasteiger partial charge in [0.2, 0.25) is 0 Å². The zero-order valence-corrected chi connectivity index (χ0v) is 13.4. The van der Waals surface area contributed by atoms with Gasteiger partial charge in [0, 0.05) is 7.11 Å². The Morgan fingerprint density at radius 1 is 0.609 bits per heavy atom. The molecule has 23 heavy (non-hydrogen) atoms. The van der Waals surface area contributed by atoms with Crippen molar-refractivity contribution in [1.82, 2.24) is 0 Å². The van der Waals surface area contributed by atoms with Crippen LogP contribution in [0.4, 0.5) is 0 Å². The van der Waals surface area contributed by atoms with E-state index in [0.29, 0.717) is 6.61 Å². The SMILES string of the molecule is CO.c1ccc(COc2ccc(Cc3ccccc3)cc2)cc1. The van der Waals surface area contributed by atoms with Crippen molar-refractivity contribution in [3.63, 3.8) is 0 Å². The molecule has 0 bridgehead atoms. The molecular formula is C21H22O2. The number of benzene rings is 3. The Hall–Kier alpha value is -2.58. The molecule has 0 saturated carbocycles. The molecule has 2 heteroatoms. The maximum Gasteiger partial charge on any atom is 0.119 e. The largest absolute Gasteiger partial charge is 0.489 e. The molecule has 118 valence electrons. The minimum absolute atomic E-state index is 0.610. The molecule has 3 rings (SSSR count). The second kappa shape index (κ2) is 9.44. The monoisotopic (exact) mass is 306 g/mol. The van der Waals surface area contributed by atoms with E-state index in [4.69, 9.17) is 9.84 Å². The Kier molecular flexibility index (Phi) is 6.89. The second-order valence-electron chi connectivity index (χ2n) is 5.08. The summed E-state index contributed by atoms with van der Waals surface area (Å²) in [5, 5.41) is 7.00. The van der Waals surface area contributed by atoms with Gasteiger partial charge in [-0.15, -0.1) is 0 Å². The Labute approximate surface area is 138 Å². The van der Waals surface area contributed by atoms with E-state index in [9.17, 15) is 0 Å². The number of hydrogen-bond acceptors (Lipinski definition) is 2. The Morgan fingerprint density at radius 3 is 1.65 bits per heavy atom. The van der Waals surface area contributed by atoms with Crippen LogP contribution in [0.1, 0.15) is 16.7 Å². The molecular weight excluding hydrogens is 284 g/mol. The quantitative estimate of drug-likeness (QED) is 0.754. The van der Waals surface area contributed by atoms with E-state index in [1.54, 1.807) is 0 Å². The zero-order chi connectivity index (χ0) is 16.3. The van der Waals surface area contributed by atoms with E-state index in [1.165, 1.54) is 16.7 Å². The predicted molar refractivity (Wildman–Crippen MR) is 94.6 cm³/mol. The van der Waals surface area contributed by atoms with Crippen LogP contribution in [0.2, 0.25) is 0 Å². The molecule has 0 aromatic heterocycles. The van der Waals surface area contributed by atoms with Crippen LogP contribution < -0.4 is 4.74 Å². The van der Waals surface area contributed by atoms with Gasteiger partial charge in [0.1, 0.15) is 12.4 Å². The molecule has 0 radical (unpaired) electrons. The van der Waals surface area contributed by atoms with Crippen molar-refractivity contribution in [3.05, 3.63) is 102 Å². The fourth-order valence-corrected chi connectivity index (χ4v) is 2.28. The van der Waals surface area contributed by atoms with E-state index in [-0.39, 0.29) is 0 Å². The summed E-state index contributed by atoms with van der Waals surface area (Å²) in [6, 6.07) is 29.1. The highest BCUT2D eigenvalue weighted by Gasteiger charge is 1.98. The molecule has 0 aliphatic carbocycles. The highest BCUT2D eigenvalue weighted by Crippen LogP contribution is 2.16. The molecule has 0 aliphatic heterocycles. The minimum atomic E-state index is 0.610. The van der Waals surface area contributed by atoms with Crippen LogP contribution in [-0.4, -0.2) is 12.2 Å². The van der Waals surface area contributed by atoms with E-state index in [2.05, 4.69) is 48.5 Å². The number of hydrogen-bond donors (Lipinski definition) is 1. The normalized spacial score (nSPS) is 9.65. The summed E-state index contributed by atoms with van der Waals surface area (Å²) in [6.45, 7) is 0.610. The van der Waals surface area contributed by atoms with Gasteiger partial charge < -0.3 is 9.84 Å². The third kappa shape index (κ3) is 5.61. The first-order chi connectivity index (χ1) is 11.4. The standard InChI is InChI=1S/C20H18O.CH4O/c1-3-7-17(8-4-1)15-18-11-13-20(14-12-18)21-16-19-9-5-2-6-10-19;1-2/h1-14H,15-16H2;2H,1H3. The van der Waals surface area contributed by atoms with Crippen molar-refractivity contribution >= 4 is 0 Å². The third-order valence-corrected chi connectivity index (χ3v) is 3.42. The average Bonchev–Trinajstić information content (AvgIpc) is 2.65. The topological polar surface area (TPSA) is 29.5 Å². The summed E-state index contributed by atoms with van der Waals surface area (Å²) in [7, 11) is 1.00. The molecule has 3 aromatic carbocycles. The zero-order valence-electron chi connectivity index (χ0n) is 13.4. The Bertz CT molecular complexity index is 661.